The van der Waals surface area contributed by atoms with Crippen molar-refractivity contribution >= 4 is 29.4 Å². The van der Waals surface area contributed by atoms with E-state index in [1.54, 1.807) is 6.07 Å². The smallest absolute Gasteiger partial charge is 0.332 e. The van der Waals surface area contributed by atoms with Crippen molar-refractivity contribution in [3.63, 3.8) is 0 Å². The minimum absolute atomic E-state index is 0.191. The van der Waals surface area contributed by atoms with Crippen LogP contribution in [-0.4, -0.2) is 58.1 Å². The molecular weight excluding hydrogens is 458 g/mol. The molecule has 0 aromatic heterocycles. The Kier molecular flexibility index (Phi) is 8.63. The van der Waals surface area contributed by atoms with Crippen LogP contribution in [0.4, 0.5) is 0 Å². The lowest BCUT2D eigenvalue weighted by Gasteiger charge is -2.29. The molecule has 1 heterocycles. The Morgan fingerprint density at radius 1 is 1.18 bits per heavy atom. The molecule has 3 atom stereocenters. The number of aliphatic hydroxyl groups excluding tert-OH is 1. The van der Waals surface area contributed by atoms with Gasteiger partial charge in [0, 0.05) is 30.6 Å². The van der Waals surface area contributed by atoms with E-state index in [2.05, 4.69) is 11.4 Å². The summed E-state index contributed by atoms with van der Waals surface area (Å²) in [7, 11) is 0. The van der Waals surface area contributed by atoms with E-state index in [9.17, 15) is 19.5 Å². The van der Waals surface area contributed by atoms with Crippen LogP contribution in [0.15, 0.2) is 48.5 Å². The molecule has 1 aliphatic heterocycles. The minimum Gasteiger partial charge on any atom is -0.479 e. The molecule has 0 spiro atoms. The molecule has 2 amide bonds. The number of nitrogens with one attached hydrogen (secondary N) is 1. The fourth-order valence-electron chi connectivity index (χ4n) is 4.01. The Balaban J connectivity index is 1.70. The third-order valence-corrected chi connectivity index (χ3v) is 6.04. The van der Waals surface area contributed by atoms with Crippen molar-refractivity contribution in [2.24, 2.45) is 5.92 Å². The number of rotatable bonds is 7. The highest BCUT2D eigenvalue weighted by Crippen LogP contribution is 2.23. The number of nitrogens with zero attached hydrogens (tertiary/aromatic N) is 2. The fraction of sp³-hybridized carbons (Fsp3) is 0.360. The Labute approximate surface area is 202 Å². The molecule has 2 aromatic rings. The Morgan fingerprint density at radius 3 is 2.56 bits per heavy atom. The molecule has 2 aromatic carbocycles. The first-order chi connectivity index (χ1) is 16.3. The maximum atomic E-state index is 12.6. The van der Waals surface area contributed by atoms with Crippen LogP contribution in [0.1, 0.15) is 24.8 Å². The molecule has 1 aliphatic rings. The second-order valence-corrected chi connectivity index (χ2v) is 8.83. The first-order valence-electron chi connectivity index (χ1n) is 11.0. The minimum atomic E-state index is -1.69. The highest BCUT2D eigenvalue weighted by Gasteiger charge is 2.30. The number of aliphatic carboxylic acids is 1. The van der Waals surface area contributed by atoms with Crippen molar-refractivity contribution in [2.75, 3.05) is 13.1 Å². The van der Waals surface area contributed by atoms with Crippen molar-refractivity contribution in [1.82, 2.24) is 10.2 Å². The number of halogens is 1. The first-order valence-corrected chi connectivity index (χ1v) is 11.4. The van der Waals surface area contributed by atoms with Gasteiger partial charge in [0.25, 0.3) is 0 Å². The van der Waals surface area contributed by atoms with Crippen LogP contribution in [0.5, 0.6) is 0 Å². The second-order valence-electron chi connectivity index (χ2n) is 8.39. The van der Waals surface area contributed by atoms with Gasteiger partial charge in [-0.2, -0.15) is 5.26 Å². The molecule has 0 saturated carbocycles. The summed E-state index contributed by atoms with van der Waals surface area (Å²) in [6.07, 6.45) is -0.410. The zero-order chi connectivity index (χ0) is 24.7. The average molecular weight is 484 g/mol. The fourth-order valence-corrected chi connectivity index (χ4v) is 4.20. The van der Waals surface area contributed by atoms with Gasteiger partial charge in [-0.05, 0) is 48.1 Å². The summed E-state index contributed by atoms with van der Waals surface area (Å²) in [4.78, 5) is 37.8. The molecule has 8 nitrogen and oxygen atoms in total. The van der Waals surface area contributed by atoms with Crippen LogP contribution in [0.25, 0.3) is 11.1 Å². The van der Waals surface area contributed by atoms with Gasteiger partial charge in [0.05, 0.1) is 12.0 Å². The zero-order valence-electron chi connectivity index (χ0n) is 18.5. The average Bonchev–Trinajstić information content (AvgIpc) is 2.83. The quantitative estimate of drug-likeness (QED) is 0.519. The van der Waals surface area contributed by atoms with Gasteiger partial charge < -0.3 is 20.4 Å². The lowest BCUT2D eigenvalue weighted by molar-refractivity contribution is -0.149. The SMILES string of the molecule is N#CC1CCCN(C(=O)C(=O)N[C@H](Cc2ccc(-c3cccc(Cl)c3)cc2)C[C@@H](O)C(=O)O)C1. The first kappa shape index (κ1) is 25.2. The standard InChI is InChI=1S/C25H26ClN3O5/c26-20-5-1-4-19(12-20)18-8-6-16(7-9-18)11-21(13-22(30)25(33)34)28-23(31)24(32)29-10-2-3-17(14-27)15-29/h1,4-9,12,17,21-22,30H,2-3,10-11,13,15H2,(H,28,31)(H,33,34)/t17?,21-,22-/m1/s1. The number of hydrogen-bond donors (Lipinski definition) is 3. The highest BCUT2D eigenvalue weighted by molar-refractivity contribution is 6.35. The van der Waals surface area contributed by atoms with Gasteiger partial charge >= 0.3 is 17.8 Å². The third-order valence-electron chi connectivity index (χ3n) is 5.81. The highest BCUT2D eigenvalue weighted by atomic mass is 35.5. The van der Waals surface area contributed by atoms with E-state index in [1.807, 2.05) is 42.5 Å². The monoisotopic (exact) mass is 483 g/mol. The van der Waals surface area contributed by atoms with Crippen molar-refractivity contribution in [3.05, 3.63) is 59.1 Å². The summed E-state index contributed by atoms with van der Waals surface area (Å²) < 4.78 is 0. The molecule has 0 bridgehead atoms. The number of carboxylic acid groups (broad SMARTS) is 1. The van der Waals surface area contributed by atoms with Gasteiger partial charge in [-0.1, -0.05) is 48.0 Å². The van der Waals surface area contributed by atoms with E-state index in [0.29, 0.717) is 24.4 Å². The van der Waals surface area contributed by atoms with Crippen LogP contribution in [0.3, 0.4) is 0 Å². The predicted molar refractivity (Wildman–Crippen MR) is 126 cm³/mol. The number of carbonyl (C=O) groups is 3. The molecule has 3 N–H and O–H groups in total. The second kappa shape index (κ2) is 11.6. The third kappa shape index (κ3) is 6.80. The molecule has 3 rings (SSSR count). The number of aliphatic hydroxyl groups is 1. The number of carbonyl (C=O) groups excluding carboxylic acids is 2. The van der Waals surface area contributed by atoms with Crippen LogP contribution in [0, 0.1) is 17.2 Å². The summed E-state index contributed by atoms with van der Waals surface area (Å²) in [6, 6.07) is 16.2. The molecule has 0 radical (unpaired) electrons. The lowest BCUT2D eigenvalue weighted by atomic mass is 9.97. The molecule has 1 unspecified atom stereocenters. The van der Waals surface area contributed by atoms with E-state index < -0.39 is 29.9 Å². The summed E-state index contributed by atoms with van der Waals surface area (Å²) in [5, 5.41) is 31.3. The summed E-state index contributed by atoms with van der Waals surface area (Å²) in [5.41, 5.74) is 2.67. The Bertz CT molecular complexity index is 1080. The molecule has 0 aliphatic carbocycles. The van der Waals surface area contributed by atoms with E-state index >= 15 is 0 Å². The maximum Gasteiger partial charge on any atom is 0.332 e. The maximum absolute atomic E-state index is 12.6. The lowest BCUT2D eigenvalue weighted by Crippen LogP contribution is -2.50. The van der Waals surface area contributed by atoms with Crippen molar-refractivity contribution in [2.45, 2.75) is 37.8 Å². The van der Waals surface area contributed by atoms with Gasteiger partial charge in [0.1, 0.15) is 0 Å². The number of carboxylic acids is 1. The summed E-state index contributed by atoms with van der Waals surface area (Å²) in [6.45, 7) is 0.577. The van der Waals surface area contributed by atoms with E-state index in [-0.39, 0.29) is 25.3 Å². The van der Waals surface area contributed by atoms with Gasteiger partial charge in [-0.3, -0.25) is 9.59 Å². The van der Waals surface area contributed by atoms with Crippen LogP contribution in [-0.2, 0) is 20.8 Å². The summed E-state index contributed by atoms with van der Waals surface area (Å²) >= 11 is 6.06. The van der Waals surface area contributed by atoms with E-state index in [4.69, 9.17) is 22.0 Å². The molecule has 9 heteroatoms. The number of piperidine rings is 1. The Morgan fingerprint density at radius 2 is 1.91 bits per heavy atom. The van der Waals surface area contributed by atoms with Gasteiger partial charge in [0.2, 0.25) is 0 Å². The molecular formula is C25H26ClN3O5. The number of benzene rings is 2. The topological polar surface area (TPSA) is 131 Å². The number of amides is 2. The molecule has 34 heavy (non-hydrogen) atoms. The molecule has 178 valence electrons. The number of hydrogen-bond acceptors (Lipinski definition) is 5. The normalized spacial score (nSPS) is 17.3. The van der Waals surface area contributed by atoms with Crippen LogP contribution in [0.2, 0.25) is 5.02 Å². The molecule has 1 fully saturated rings. The molecule has 1 saturated heterocycles. The van der Waals surface area contributed by atoms with E-state index in [0.717, 1.165) is 16.7 Å². The number of nitriles is 1. The number of likely N-dealkylation sites (tertiary alicyclic amines) is 1. The van der Waals surface area contributed by atoms with Crippen molar-refractivity contribution in [3.8, 4) is 17.2 Å². The van der Waals surface area contributed by atoms with Gasteiger partial charge in [-0.15, -0.1) is 0 Å². The predicted octanol–water partition coefficient (Wildman–Crippen LogP) is 2.63. The zero-order valence-corrected chi connectivity index (χ0v) is 19.2. The largest absolute Gasteiger partial charge is 0.479 e. The van der Waals surface area contributed by atoms with Crippen molar-refractivity contribution in [1.29, 1.82) is 5.26 Å². The van der Waals surface area contributed by atoms with Crippen LogP contribution < -0.4 is 5.32 Å². The van der Waals surface area contributed by atoms with Gasteiger partial charge in [0.15, 0.2) is 6.10 Å². The van der Waals surface area contributed by atoms with Crippen molar-refractivity contribution < 1.29 is 24.6 Å². The Hall–Kier alpha value is -3.41. The summed E-state index contributed by atoms with van der Waals surface area (Å²) in [5.74, 6) is -3.36. The van der Waals surface area contributed by atoms with Crippen LogP contribution >= 0.6 is 11.6 Å². The van der Waals surface area contributed by atoms with Gasteiger partial charge in [-0.25, -0.2) is 4.79 Å². The van der Waals surface area contributed by atoms with E-state index in [1.165, 1.54) is 4.90 Å².